The second-order valence-electron chi connectivity index (χ2n) is 4.12. The van der Waals surface area contributed by atoms with E-state index in [4.69, 9.17) is 0 Å². The number of halogens is 1. The predicted molar refractivity (Wildman–Crippen MR) is 86.9 cm³/mol. The molecule has 102 valence electrons. The van der Waals surface area contributed by atoms with E-state index in [-0.39, 0.29) is 11.8 Å². The monoisotopic (exact) mass is 380 g/mol. The first-order valence-electron chi connectivity index (χ1n) is 5.99. The lowest BCUT2D eigenvalue weighted by Crippen LogP contribution is -2.17. The highest BCUT2D eigenvalue weighted by Crippen LogP contribution is 2.13. The maximum atomic E-state index is 12.0. The fraction of sp³-hybridized carbons (Fsp3) is 0.0667. The quantitative estimate of drug-likeness (QED) is 0.805. The molecule has 0 saturated heterocycles. The number of carbonyl (C=O) groups is 2. The van der Waals surface area contributed by atoms with Gasteiger partial charge in [-0.05, 0) is 65.1 Å². The van der Waals surface area contributed by atoms with E-state index in [0.717, 1.165) is 3.57 Å². The Bertz CT molecular complexity index is 639. The molecule has 0 aliphatic carbocycles. The summed E-state index contributed by atoms with van der Waals surface area (Å²) >= 11 is 2.16. The van der Waals surface area contributed by atoms with Crippen LogP contribution >= 0.6 is 22.6 Å². The van der Waals surface area contributed by atoms with E-state index < -0.39 is 0 Å². The van der Waals surface area contributed by atoms with Gasteiger partial charge in [0, 0.05) is 27.4 Å². The van der Waals surface area contributed by atoms with Crippen molar-refractivity contribution in [2.24, 2.45) is 0 Å². The molecule has 2 N–H and O–H groups in total. The van der Waals surface area contributed by atoms with Gasteiger partial charge in [-0.15, -0.1) is 0 Å². The molecule has 2 aromatic carbocycles. The van der Waals surface area contributed by atoms with Gasteiger partial charge in [0.2, 0.25) is 0 Å². The molecule has 2 amide bonds. The molecule has 20 heavy (non-hydrogen) atoms. The predicted octanol–water partition coefficient (Wildman–Crippen LogP) is 2.90. The minimum absolute atomic E-state index is 0.152. The maximum Gasteiger partial charge on any atom is 0.255 e. The van der Waals surface area contributed by atoms with Crippen LogP contribution in [0.15, 0.2) is 48.5 Å². The van der Waals surface area contributed by atoms with Crippen molar-refractivity contribution in [1.82, 2.24) is 5.32 Å². The average molecular weight is 380 g/mol. The SMILES string of the molecule is CNC(=O)c1ccc(NC(=O)c2cccc(I)c2)cc1. The van der Waals surface area contributed by atoms with E-state index in [1.54, 1.807) is 37.4 Å². The van der Waals surface area contributed by atoms with Crippen LogP contribution in [0, 0.1) is 3.57 Å². The Morgan fingerprint density at radius 1 is 0.950 bits per heavy atom. The normalized spacial score (nSPS) is 9.90. The number of rotatable bonds is 3. The summed E-state index contributed by atoms with van der Waals surface area (Å²) in [5.41, 5.74) is 1.81. The largest absolute Gasteiger partial charge is 0.355 e. The topological polar surface area (TPSA) is 58.2 Å². The van der Waals surface area contributed by atoms with E-state index >= 15 is 0 Å². The van der Waals surface area contributed by atoms with Gasteiger partial charge < -0.3 is 10.6 Å². The van der Waals surface area contributed by atoms with Gasteiger partial charge in [0.25, 0.3) is 11.8 Å². The highest BCUT2D eigenvalue weighted by Gasteiger charge is 2.07. The molecular weight excluding hydrogens is 367 g/mol. The molecule has 2 rings (SSSR count). The number of amides is 2. The molecule has 0 atom stereocenters. The van der Waals surface area contributed by atoms with Gasteiger partial charge >= 0.3 is 0 Å². The zero-order chi connectivity index (χ0) is 14.5. The van der Waals surface area contributed by atoms with Crippen molar-refractivity contribution in [3.05, 3.63) is 63.2 Å². The first-order chi connectivity index (χ1) is 9.60. The highest BCUT2D eigenvalue weighted by atomic mass is 127. The molecule has 0 saturated carbocycles. The molecule has 0 aliphatic heterocycles. The second kappa shape index (κ2) is 6.51. The zero-order valence-electron chi connectivity index (χ0n) is 10.8. The van der Waals surface area contributed by atoms with Crippen LogP contribution in [0.25, 0.3) is 0 Å². The van der Waals surface area contributed by atoms with Gasteiger partial charge in [0.05, 0.1) is 0 Å². The van der Waals surface area contributed by atoms with Crippen LogP contribution < -0.4 is 10.6 Å². The van der Waals surface area contributed by atoms with E-state index in [0.29, 0.717) is 16.8 Å². The third-order valence-electron chi connectivity index (χ3n) is 2.72. The van der Waals surface area contributed by atoms with E-state index in [9.17, 15) is 9.59 Å². The summed E-state index contributed by atoms with van der Waals surface area (Å²) in [5.74, 6) is -0.323. The van der Waals surface area contributed by atoms with Gasteiger partial charge in [-0.25, -0.2) is 0 Å². The number of carbonyl (C=O) groups excluding carboxylic acids is 2. The molecule has 2 aromatic rings. The molecule has 0 fully saturated rings. The van der Waals surface area contributed by atoms with Crippen molar-refractivity contribution in [3.63, 3.8) is 0 Å². The Morgan fingerprint density at radius 2 is 1.65 bits per heavy atom. The molecule has 0 bridgehead atoms. The number of hydrogen-bond acceptors (Lipinski definition) is 2. The summed E-state index contributed by atoms with van der Waals surface area (Å²) in [4.78, 5) is 23.5. The Labute approximate surface area is 130 Å². The fourth-order valence-electron chi connectivity index (χ4n) is 1.68. The average Bonchev–Trinajstić information content (AvgIpc) is 2.47. The summed E-state index contributed by atoms with van der Waals surface area (Å²) in [6.07, 6.45) is 0. The van der Waals surface area contributed by atoms with Gasteiger partial charge in [0.1, 0.15) is 0 Å². The van der Waals surface area contributed by atoms with Gasteiger partial charge in [-0.1, -0.05) is 6.07 Å². The van der Waals surface area contributed by atoms with Crippen LogP contribution in [0.3, 0.4) is 0 Å². The third kappa shape index (κ3) is 3.57. The lowest BCUT2D eigenvalue weighted by Gasteiger charge is -2.06. The van der Waals surface area contributed by atoms with Crippen LogP contribution in [0.1, 0.15) is 20.7 Å². The number of hydrogen-bond donors (Lipinski definition) is 2. The van der Waals surface area contributed by atoms with Crippen LogP contribution in [0.5, 0.6) is 0 Å². The van der Waals surface area contributed by atoms with Crippen molar-refractivity contribution in [3.8, 4) is 0 Å². The first-order valence-corrected chi connectivity index (χ1v) is 7.07. The minimum Gasteiger partial charge on any atom is -0.355 e. The summed E-state index contributed by atoms with van der Waals surface area (Å²) < 4.78 is 1.00. The number of nitrogens with one attached hydrogen (secondary N) is 2. The first kappa shape index (κ1) is 14.5. The molecule has 0 radical (unpaired) electrons. The summed E-state index contributed by atoms with van der Waals surface area (Å²) in [7, 11) is 1.58. The van der Waals surface area contributed by atoms with Crippen LogP contribution in [-0.2, 0) is 0 Å². The minimum atomic E-state index is -0.170. The highest BCUT2D eigenvalue weighted by molar-refractivity contribution is 14.1. The number of benzene rings is 2. The van der Waals surface area contributed by atoms with E-state index in [1.807, 2.05) is 18.2 Å². The molecule has 4 nitrogen and oxygen atoms in total. The lowest BCUT2D eigenvalue weighted by molar-refractivity contribution is 0.0962. The molecule has 0 heterocycles. The number of anilines is 1. The van der Waals surface area contributed by atoms with Crippen molar-refractivity contribution in [2.45, 2.75) is 0 Å². The maximum absolute atomic E-state index is 12.0. The third-order valence-corrected chi connectivity index (χ3v) is 3.39. The molecule has 0 spiro atoms. The Kier molecular flexibility index (Phi) is 4.73. The van der Waals surface area contributed by atoms with E-state index in [1.165, 1.54) is 0 Å². The van der Waals surface area contributed by atoms with Crippen LogP contribution in [-0.4, -0.2) is 18.9 Å². The Morgan fingerprint density at radius 3 is 2.25 bits per heavy atom. The van der Waals surface area contributed by atoms with Crippen molar-refractivity contribution < 1.29 is 9.59 Å². The Hall–Kier alpha value is -1.89. The van der Waals surface area contributed by atoms with Crippen LogP contribution in [0.4, 0.5) is 5.69 Å². The lowest BCUT2D eigenvalue weighted by atomic mass is 10.1. The van der Waals surface area contributed by atoms with Gasteiger partial charge in [-0.3, -0.25) is 9.59 Å². The van der Waals surface area contributed by atoms with Crippen molar-refractivity contribution in [1.29, 1.82) is 0 Å². The molecule has 5 heteroatoms. The molecular formula is C15H13IN2O2. The van der Waals surface area contributed by atoms with Gasteiger partial charge in [-0.2, -0.15) is 0 Å². The summed E-state index contributed by atoms with van der Waals surface area (Å²) in [5, 5.41) is 5.34. The van der Waals surface area contributed by atoms with Crippen LogP contribution in [0.2, 0.25) is 0 Å². The Balaban J connectivity index is 2.10. The summed E-state index contributed by atoms with van der Waals surface area (Å²) in [6.45, 7) is 0. The molecule has 0 aliphatic rings. The smallest absolute Gasteiger partial charge is 0.255 e. The van der Waals surface area contributed by atoms with Crippen molar-refractivity contribution in [2.75, 3.05) is 12.4 Å². The second-order valence-corrected chi connectivity index (χ2v) is 5.37. The zero-order valence-corrected chi connectivity index (χ0v) is 13.0. The molecule has 0 aromatic heterocycles. The van der Waals surface area contributed by atoms with E-state index in [2.05, 4.69) is 33.2 Å². The standard InChI is InChI=1S/C15H13IN2O2/c1-17-14(19)10-5-7-13(8-6-10)18-15(20)11-3-2-4-12(16)9-11/h2-9H,1H3,(H,17,19)(H,18,20). The fourth-order valence-corrected chi connectivity index (χ4v) is 2.23. The molecule has 0 unspecified atom stereocenters. The summed E-state index contributed by atoms with van der Waals surface area (Å²) in [6, 6.07) is 14.1. The van der Waals surface area contributed by atoms with Gasteiger partial charge in [0.15, 0.2) is 0 Å². The van der Waals surface area contributed by atoms with Crippen molar-refractivity contribution >= 4 is 40.1 Å².